The van der Waals surface area contributed by atoms with Gasteiger partial charge in [0.2, 0.25) is 0 Å². The molecule has 21 heavy (non-hydrogen) atoms. The van der Waals surface area contributed by atoms with E-state index >= 15 is 0 Å². The Labute approximate surface area is 129 Å². The highest BCUT2D eigenvalue weighted by atomic mass is 79.9. The summed E-state index contributed by atoms with van der Waals surface area (Å²) in [4.78, 5) is 14.0. The lowest BCUT2D eigenvalue weighted by atomic mass is 10.2. The molecule has 0 unspecified atom stereocenters. The molecule has 1 aromatic carbocycles. The second-order valence-electron chi connectivity index (χ2n) is 4.12. The summed E-state index contributed by atoms with van der Waals surface area (Å²) in [5.74, 6) is 0.129. The van der Waals surface area contributed by atoms with Crippen LogP contribution in [0.1, 0.15) is 5.56 Å². The Morgan fingerprint density at radius 2 is 2.00 bits per heavy atom. The van der Waals surface area contributed by atoms with Gasteiger partial charge in [0.25, 0.3) is 15.7 Å². The van der Waals surface area contributed by atoms with Crippen molar-refractivity contribution < 1.29 is 13.3 Å². The Bertz CT molecular complexity index is 791. The summed E-state index contributed by atoms with van der Waals surface area (Å²) in [5.41, 5.74) is -0.172. The summed E-state index contributed by atoms with van der Waals surface area (Å²) in [7, 11) is -3.95. The van der Waals surface area contributed by atoms with Crippen molar-refractivity contribution in [3.63, 3.8) is 0 Å². The van der Waals surface area contributed by atoms with Crippen LogP contribution in [0.25, 0.3) is 0 Å². The van der Waals surface area contributed by atoms with Crippen LogP contribution in [-0.4, -0.2) is 18.3 Å². The number of rotatable bonds is 4. The van der Waals surface area contributed by atoms with Crippen LogP contribution in [0.5, 0.6) is 0 Å². The lowest BCUT2D eigenvalue weighted by Gasteiger charge is -2.09. The van der Waals surface area contributed by atoms with Crippen LogP contribution in [0, 0.1) is 17.0 Å². The molecule has 110 valence electrons. The molecule has 0 fully saturated rings. The quantitative estimate of drug-likeness (QED) is 0.657. The van der Waals surface area contributed by atoms with E-state index in [2.05, 4.69) is 25.6 Å². The minimum absolute atomic E-state index is 0.0760. The molecule has 2 aromatic rings. The van der Waals surface area contributed by atoms with Crippen molar-refractivity contribution in [3.05, 3.63) is 56.7 Å². The first-order valence-electron chi connectivity index (χ1n) is 5.69. The summed E-state index contributed by atoms with van der Waals surface area (Å²) >= 11 is 3.19. The molecule has 0 aliphatic heterocycles. The average Bonchev–Trinajstić information content (AvgIpc) is 2.41. The van der Waals surface area contributed by atoms with Crippen LogP contribution in [0.2, 0.25) is 0 Å². The van der Waals surface area contributed by atoms with E-state index in [4.69, 9.17) is 0 Å². The monoisotopic (exact) mass is 371 g/mol. The van der Waals surface area contributed by atoms with Gasteiger partial charge in [0.15, 0.2) is 0 Å². The number of nitro groups is 1. The SMILES string of the molecule is Cc1c([N+](=O)[O-])cccc1S(=O)(=O)Nc1ccc(Br)cn1. The van der Waals surface area contributed by atoms with Crippen molar-refractivity contribution in [2.45, 2.75) is 11.8 Å². The van der Waals surface area contributed by atoms with Crippen LogP contribution in [0.15, 0.2) is 45.9 Å². The Morgan fingerprint density at radius 1 is 1.29 bits per heavy atom. The molecule has 0 atom stereocenters. The van der Waals surface area contributed by atoms with Gasteiger partial charge >= 0.3 is 0 Å². The van der Waals surface area contributed by atoms with E-state index < -0.39 is 14.9 Å². The summed E-state index contributed by atoms with van der Waals surface area (Å²) in [5, 5.41) is 10.9. The molecule has 0 aliphatic carbocycles. The summed E-state index contributed by atoms with van der Waals surface area (Å²) < 4.78 is 27.6. The largest absolute Gasteiger partial charge is 0.273 e. The first kappa shape index (κ1) is 15.4. The fourth-order valence-corrected chi connectivity index (χ4v) is 3.23. The minimum Gasteiger partial charge on any atom is -0.263 e. The van der Waals surface area contributed by atoms with Crippen LogP contribution < -0.4 is 4.72 Å². The normalized spacial score (nSPS) is 11.1. The van der Waals surface area contributed by atoms with E-state index in [1.54, 1.807) is 6.07 Å². The summed E-state index contributed by atoms with van der Waals surface area (Å²) in [6.07, 6.45) is 1.44. The molecule has 0 bridgehead atoms. The molecule has 7 nitrogen and oxygen atoms in total. The Balaban J connectivity index is 2.42. The first-order valence-corrected chi connectivity index (χ1v) is 7.97. The van der Waals surface area contributed by atoms with Crippen molar-refractivity contribution >= 4 is 37.5 Å². The molecule has 0 amide bonds. The maximum absolute atomic E-state index is 12.3. The second-order valence-corrected chi connectivity index (χ2v) is 6.69. The van der Waals surface area contributed by atoms with Gasteiger partial charge < -0.3 is 0 Å². The lowest BCUT2D eigenvalue weighted by molar-refractivity contribution is -0.385. The van der Waals surface area contributed by atoms with Crippen LogP contribution in [0.3, 0.4) is 0 Å². The van der Waals surface area contributed by atoms with E-state index in [-0.39, 0.29) is 22.0 Å². The fraction of sp³-hybridized carbons (Fsp3) is 0.0833. The van der Waals surface area contributed by atoms with Crippen molar-refractivity contribution in [2.75, 3.05) is 4.72 Å². The Morgan fingerprint density at radius 3 is 2.57 bits per heavy atom. The molecular formula is C12H10BrN3O4S. The Kier molecular flexibility index (Phi) is 4.24. The molecule has 0 aliphatic rings. The van der Waals surface area contributed by atoms with Gasteiger partial charge in [0.1, 0.15) is 5.82 Å². The summed E-state index contributed by atoms with van der Waals surface area (Å²) in [6.45, 7) is 1.39. The topological polar surface area (TPSA) is 102 Å². The van der Waals surface area contributed by atoms with Gasteiger partial charge in [0.05, 0.1) is 9.82 Å². The number of hydrogen-bond acceptors (Lipinski definition) is 5. The molecule has 0 radical (unpaired) electrons. The van der Waals surface area contributed by atoms with E-state index in [1.807, 2.05) is 0 Å². The highest BCUT2D eigenvalue weighted by molar-refractivity contribution is 9.10. The molecular weight excluding hydrogens is 362 g/mol. The molecule has 0 saturated carbocycles. The van der Waals surface area contributed by atoms with Crippen LogP contribution in [0.4, 0.5) is 11.5 Å². The van der Waals surface area contributed by atoms with E-state index in [1.165, 1.54) is 37.4 Å². The molecule has 0 spiro atoms. The fourth-order valence-electron chi connectivity index (χ4n) is 1.72. The zero-order valence-electron chi connectivity index (χ0n) is 10.8. The van der Waals surface area contributed by atoms with Crippen LogP contribution >= 0.6 is 15.9 Å². The molecule has 9 heteroatoms. The molecule has 1 N–H and O–H groups in total. The molecule has 1 aromatic heterocycles. The number of pyridine rings is 1. The van der Waals surface area contributed by atoms with E-state index in [9.17, 15) is 18.5 Å². The number of halogens is 1. The number of aromatic nitrogens is 1. The zero-order chi connectivity index (χ0) is 15.6. The predicted molar refractivity (Wildman–Crippen MR) is 80.6 cm³/mol. The van der Waals surface area contributed by atoms with E-state index in [0.29, 0.717) is 4.47 Å². The predicted octanol–water partition coefficient (Wildman–Crippen LogP) is 2.86. The van der Waals surface area contributed by atoms with Crippen molar-refractivity contribution in [3.8, 4) is 0 Å². The van der Waals surface area contributed by atoms with Gasteiger partial charge in [0, 0.05) is 22.3 Å². The molecule has 0 saturated heterocycles. The third-order valence-electron chi connectivity index (χ3n) is 2.71. The lowest BCUT2D eigenvalue weighted by Crippen LogP contribution is -2.15. The van der Waals surface area contributed by atoms with E-state index in [0.717, 1.165) is 0 Å². The van der Waals surface area contributed by atoms with Crippen molar-refractivity contribution in [1.29, 1.82) is 0 Å². The van der Waals surface area contributed by atoms with Gasteiger partial charge in [-0.15, -0.1) is 0 Å². The van der Waals surface area contributed by atoms with Gasteiger partial charge in [-0.3, -0.25) is 14.8 Å². The van der Waals surface area contributed by atoms with Gasteiger partial charge in [-0.25, -0.2) is 13.4 Å². The third kappa shape index (κ3) is 3.37. The number of sulfonamides is 1. The number of anilines is 1. The smallest absolute Gasteiger partial charge is 0.263 e. The Hall–Kier alpha value is -2.00. The van der Waals surface area contributed by atoms with Crippen LogP contribution in [-0.2, 0) is 10.0 Å². The molecule has 1 heterocycles. The number of hydrogen-bond donors (Lipinski definition) is 1. The highest BCUT2D eigenvalue weighted by Gasteiger charge is 2.23. The number of nitrogens with one attached hydrogen (secondary N) is 1. The van der Waals surface area contributed by atoms with Crippen molar-refractivity contribution in [1.82, 2.24) is 4.98 Å². The molecule has 2 rings (SSSR count). The van der Waals surface area contributed by atoms with Gasteiger partial charge in [-0.1, -0.05) is 6.07 Å². The number of benzene rings is 1. The number of nitrogens with zero attached hydrogens (tertiary/aromatic N) is 2. The first-order chi connectivity index (χ1) is 9.81. The third-order valence-corrected chi connectivity index (χ3v) is 4.68. The maximum Gasteiger partial charge on any atom is 0.273 e. The van der Waals surface area contributed by atoms with Gasteiger partial charge in [-0.05, 0) is 41.1 Å². The minimum atomic E-state index is -3.95. The van der Waals surface area contributed by atoms with Gasteiger partial charge in [-0.2, -0.15) is 0 Å². The standard InChI is InChI=1S/C12H10BrN3O4S/c1-8-10(16(17)18)3-2-4-11(8)21(19,20)15-12-6-5-9(13)7-14-12/h2-7H,1H3,(H,14,15). The van der Waals surface area contributed by atoms with Crippen molar-refractivity contribution in [2.24, 2.45) is 0 Å². The highest BCUT2D eigenvalue weighted by Crippen LogP contribution is 2.26. The zero-order valence-corrected chi connectivity index (χ0v) is 13.2. The maximum atomic E-state index is 12.3. The number of nitro benzene ring substituents is 1. The average molecular weight is 372 g/mol. The second kappa shape index (κ2) is 5.78. The summed E-state index contributed by atoms with van der Waals surface area (Å²) in [6, 6.07) is 7.00.